The maximum Gasteiger partial charge on any atom is 0.409 e. The van der Waals surface area contributed by atoms with Gasteiger partial charge in [-0.2, -0.15) is 13.2 Å². The fourth-order valence-electron chi connectivity index (χ4n) is 2.59. The second kappa shape index (κ2) is 7.28. The van der Waals surface area contributed by atoms with E-state index in [0.29, 0.717) is 9.24 Å². The molecule has 2 heterocycles. The van der Waals surface area contributed by atoms with E-state index in [9.17, 15) is 22.8 Å². The van der Waals surface area contributed by atoms with Gasteiger partial charge in [-0.05, 0) is 19.1 Å². The van der Waals surface area contributed by atoms with Crippen LogP contribution in [-0.4, -0.2) is 34.8 Å². The zero-order valence-corrected chi connectivity index (χ0v) is 15.2. The van der Waals surface area contributed by atoms with E-state index in [1.54, 1.807) is 18.4 Å². The third-order valence-corrected chi connectivity index (χ3v) is 5.82. The van der Waals surface area contributed by atoms with Crippen LogP contribution in [0.15, 0.2) is 34.0 Å². The number of carbonyl (C=O) groups is 2. The third kappa shape index (κ3) is 4.01. The Kier molecular flexibility index (Phi) is 5.24. The van der Waals surface area contributed by atoms with E-state index in [0.717, 1.165) is 17.5 Å². The Morgan fingerprint density at radius 2 is 2.15 bits per heavy atom. The average Bonchev–Trinajstić information content (AvgIpc) is 2.90. The summed E-state index contributed by atoms with van der Waals surface area (Å²) in [4.78, 5) is 29.5. The topological polar surface area (TPSA) is 62.3 Å². The first-order valence-corrected chi connectivity index (χ1v) is 9.45. The van der Waals surface area contributed by atoms with Crippen LogP contribution in [0.3, 0.4) is 0 Å². The summed E-state index contributed by atoms with van der Waals surface area (Å²) in [6, 6.07) is 3.78. The molecule has 10 heteroatoms. The minimum Gasteiger partial charge on any atom is -0.324 e. The molecule has 2 aromatic rings. The third-order valence-electron chi connectivity index (χ3n) is 3.69. The summed E-state index contributed by atoms with van der Waals surface area (Å²) < 4.78 is 41.3. The zero-order valence-electron chi connectivity index (χ0n) is 13.5. The van der Waals surface area contributed by atoms with Gasteiger partial charge in [-0.3, -0.25) is 14.5 Å². The number of anilines is 2. The Labute approximate surface area is 155 Å². The number of hydrogen-bond donors (Lipinski definition) is 1. The Bertz CT molecular complexity index is 838. The van der Waals surface area contributed by atoms with Crippen molar-refractivity contribution in [3.8, 4) is 0 Å². The van der Waals surface area contributed by atoms with Crippen molar-refractivity contribution in [3.63, 3.8) is 0 Å². The summed E-state index contributed by atoms with van der Waals surface area (Å²) >= 11 is 2.41. The van der Waals surface area contributed by atoms with Gasteiger partial charge in [-0.1, -0.05) is 23.9 Å². The number of aromatic nitrogens is 1. The number of aryl methyl sites for hydroxylation is 1. The van der Waals surface area contributed by atoms with Crippen molar-refractivity contribution in [1.82, 2.24) is 4.98 Å². The number of carbonyl (C=O) groups excluding carboxylic acids is 2. The maximum atomic E-state index is 13.6. The highest BCUT2D eigenvalue weighted by Gasteiger charge is 2.48. The molecule has 138 valence electrons. The lowest BCUT2D eigenvalue weighted by atomic mass is 10.1. The molecule has 1 aliphatic rings. The van der Waals surface area contributed by atoms with Gasteiger partial charge in [0.15, 0.2) is 4.34 Å². The van der Waals surface area contributed by atoms with Gasteiger partial charge < -0.3 is 5.32 Å². The largest absolute Gasteiger partial charge is 0.409 e. The number of amides is 2. The molecule has 0 saturated carbocycles. The van der Waals surface area contributed by atoms with Gasteiger partial charge in [0.25, 0.3) is 0 Å². The number of rotatable bonds is 3. The van der Waals surface area contributed by atoms with Crippen LogP contribution in [0.4, 0.5) is 24.5 Å². The monoisotopic (exact) mass is 401 g/mol. The number of nitrogens with one attached hydrogen (secondary N) is 1. The SMILES string of the molecule is Cc1csc(SCC(=O)N2c3ccccc3NC(=O)C[C@@H]2C(F)(F)F)n1. The van der Waals surface area contributed by atoms with Gasteiger partial charge >= 0.3 is 6.18 Å². The highest BCUT2D eigenvalue weighted by Crippen LogP contribution is 2.38. The van der Waals surface area contributed by atoms with Crippen LogP contribution >= 0.6 is 23.1 Å². The minimum absolute atomic E-state index is 0.0431. The van der Waals surface area contributed by atoms with Crippen molar-refractivity contribution < 1.29 is 22.8 Å². The van der Waals surface area contributed by atoms with E-state index in [1.807, 2.05) is 0 Å². The Hall–Kier alpha value is -2.07. The van der Waals surface area contributed by atoms with Crippen molar-refractivity contribution in [2.75, 3.05) is 16.0 Å². The number of halogens is 3. The molecular weight excluding hydrogens is 387 g/mol. The molecule has 1 aliphatic heterocycles. The van der Waals surface area contributed by atoms with Crippen LogP contribution in [0.5, 0.6) is 0 Å². The number of nitrogens with zero attached hydrogens (tertiary/aromatic N) is 2. The van der Waals surface area contributed by atoms with E-state index in [2.05, 4.69) is 10.3 Å². The number of thioether (sulfide) groups is 1. The molecular formula is C16H14F3N3O2S2. The molecule has 1 N–H and O–H groups in total. The highest BCUT2D eigenvalue weighted by atomic mass is 32.2. The first-order chi connectivity index (χ1) is 12.3. The second-order valence-electron chi connectivity index (χ2n) is 5.63. The van der Waals surface area contributed by atoms with Gasteiger partial charge in [-0.15, -0.1) is 11.3 Å². The number of thiazole rings is 1. The average molecular weight is 401 g/mol. The lowest BCUT2D eigenvalue weighted by Crippen LogP contribution is -2.50. The number of fused-ring (bicyclic) bond motifs is 1. The zero-order chi connectivity index (χ0) is 18.9. The van der Waals surface area contributed by atoms with Crippen LogP contribution in [-0.2, 0) is 9.59 Å². The number of para-hydroxylation sites is 2. The van der Waals surface area contributed by atoms with Crippen molar-refractivity contribution in [2.24, 2.45) is 0 Å². The molecule has 1 aromatic carbocycles. The minimum atomic E-state index is -4.73. The van der Waals surface area contributed by atoms with Gasteiger partial charge in [0, 0.05) is 11.1 Å². The summed E-state index contributed by atoms with van der Waals surface area (Å²) in [5.74, 6) is -1.71. The van der Waals surface area contributed by atoms with Crippen molar-refractivity contribution >= 4 is 46.3 Å². The summed E-state index contributed by atoms with van der Waals surface area (Å²) in [6.45, 7) is 1.80. The Morgan fingerprint density at radius 3 is 2.81 bits per heavy atom. The van der Waals surface area contributed by atoms with E-state index in [-0.39, 0.29) is 17.1 Å². The van der Waals surface area contributed by atoms with Crippen LogP contribution in [0.1, 0.15) is 12.1 Å². The normalized spacial score (nSPS) is 17.5. The first-order valence-electron chi connectivity index (χ1n) is 7.58. The molecule has 0 saturated heterocycles. The van der Waals surface area contributed by atoms with Crippen molar-refractivity contribution in [1.29, 1.82) is 0 Å². The quantitative estimate of drug-likeness (QED) is 0.794. The molecule has 1 atom stereocenters. The Morgan fingerprint density at radius 1 is 1.42 bits per heavy atom. The lowest BCUT2D eigenvalue weighted by Gasteiger charge is -2.31. The summed E-state index contributed by atoms with van der Waals surface area (Å²) in [5.41, 5.74) is 1.02. The van der Waals surface area contributed by atoms with Crippen LogP contribution in [0.25, 0.3) is 0 Å². The van der Waals surface area contributed by atoms with Gasteiger partial charge in [-0.25, -0.2) is 4.98 Å². The number of benzene rings is 1. The van der Waals surface area contributed by atoms with E-state index in [4.69, 9.17) is 0 Å². The summed E-state index contributed by atoms with van der Waals surface area (Å²) in [7, 11) is 0. The number of alkyl halides is 3. The van der Waals surface area contributed by atoms with Gasteiger partial charge in [0.1, 0.15) is 6.04 Å². The first kappa shape index (κ1) is 18.7. The molecule has 0 bridgehead atoms. The molecule has 1 aromatic heterocycles. The molecule has 0 unspecified atom stereocenters. The highest BCUT2D eigenvalue weighted by molar-refractivity contribution is 8.01. The second-order valence-corrected chi connectivity index (χ2v) is 7.71. The fraction of sp³-hybridized carbons (Fsp3) is 0.312. The molecule has 0 spiro atoms. The predicted octanol–water partition coefficient (Wildman–Crippen LogP) is 3.85. The van der Waals surface area contributed by atoms with Crippen LogP contribution in [0, 0.1) is 6.92 Å². The Balaban J connectivity index is 1.93. The molecule has 0 aliphatic carbocycles. The molecule has 26 heavy (non-hydrogen) atoms. The molecule has 2 amide bonds. The van der Waals surface area contributed by atoms with Gasteiger partial charge in [0.05, 0.1) is 23.5 Å². The van der Waals surface area contributed by atoms with Crippen molar-refractivity contribution in [3.05, 3.63) is 35.3 Å². The number of hydrogen-bond acceptors (Lipinski definition) is 5. The van der Waals surface area contributed by atoms with E-state index in [1.165, 1.54) is 29.5 Å². The molecule has 5 nitrogen and oxygen atoms in total. The lowest BCUT2D eigenvalue weighted by molar-refractivity contribution is -0.157. The molecule has 0 fully saturated rings. The standard InChI is InChI=1S/C16H14F3N3O2S2/c1-9-7-25-15(20-9)26-8-14(24)22-11-5-3-2-4-10(11)21-13(23)6-12(22)16(17,18)19/h2-5,7,12H,6,8H2,1H3,(H,21,23)/t12-/m1/s1. The van der Waals surface area contributed by atoms with Gasteiger partial charge in [0.2, 0.25) is 11.8 Å². The van der Waals surface area contributed by atoms with Crippen LogP contribution in [0.2, 0.25) is 0 Å². The van der Waals surface area contributed by atoms with Crippen LogP contribution < -0.4 is 10.2 Å². The van der Waals surface area contributed by atoms with Crippen molar-refractivity contribution in [2.45, 2.75) is 29.9 Å². The molecule has 0 radical (unpaired) electrons. The smallest absolute Gasteiger partial charge is 0.324 e. The van der Waals surface area contributed by atoms with E-state index >= 15 is 0 Å². The maximum absolute atomic E-state index is 13.6. The fourth-order valence-corrected chi connectivity index (χ4v) is 4.30. The summed E-state index contributed by atoms with van der Waals surface area (Å²) in [5, 5.41) is 4.24. The molecule has 3 rings (SSSR count). The van der Waals surface area contributed by atoms with E-state index < -0.39 is 30.5 Å². The summed E-state index contributed by atoms with van der Waals surface area (Å²) in [6.07, 6.45) is -5.57. The predicted molar refractivity (Wildman–Crippen MR) is 94.6 cm³/mol.